The number of carboxylic acid groups (broad SMARTS) is 1. The van der Waals surface area contributed by atoms with Crippen molar-refractivity contribution >= 4 is 17.6 Å². The van der Waals surface area contributed by atoms with Crippen molar-refractivity contribution in [3.05, 3.63) is 59.1 Å². The summed E-state index contributed by atoms with van der Waals surface area (Å²) in [4.78, 5) is 10.4. The molecule has 0 aliphatic rings. The Morgan fingerprint density at radius 1 is 1.14 bits per heavy atom. The summed E-state index contributed by atoms with van der Waals surface area (Å²) in [6, 6.07) is 16.0. The van der Waals surface area contributed by atoms with E-state index < -0.39 is 5.97 Å². The second-order valence-electron chi connectivity index (χ2n) is 4.85. The van der Waals surface area contributed by atoms with Crippen LogP contribution in [0.2, 0.25) is 5.02 Å². The van der Waals surface area contributed by atoms with E-state index in [-0.39, 0.29) is 6.42 Å². The number of aliphatic carboxylic acids is 1. The molecule has 0 aliphatic heterocycles. The minimum absolute atomic E-state index is 0.195. The lowest BCUT2D eigenvalue weighted by Gasteiger charge is -2.08. The van der Waals surface area contributed by atoms with Crippen LogP contribution in [-0.4, -0.2) is 17.6 Å². The monoisotopic (exact) mass is 303 g/mol. The Hall–Kier alpha value is -1.84. The second kappa shape index (κ2) is 7.81. The minimum atomic E-state index is -0.757. The van der Waals surface area contributed by atoms with E-state index in [2.05, 4.69) is 5.32 Å². The normalized spacial score (nSPS) is 10.5. The van der Waals surface area contributed by atoms with Crippen LogP contribution in [0.4, 0.5) is 0 Å². The maximum absolute atomic E-state index is 10.4. The molecule has 0 saturated heterocycles. The highest BCUT2D eigenvalue weighted by atomic mass is 35.5. The number of hydrogen-bond acceptors (Lipinski definition) is 2. The number of benzene rings is 2. The summed E-state index contributed by atoms with van der Waals surface area (Å²) < 4.78 is 0. The van der Waals surface area contributed by atoms with Gasteiger partial charge in [-0.3, -0.25) is 4.79 Å². The molecule has 2 N–H and O–H groups in total. The average molecular weight is 304 g/mol. The highest BCUT2D eigenvalue weighted by Crippen LogP contribution is 2.28. The molecule has 2 rings (SSSR count). The standard InChI is InChI=1S/C17H18ClNO2/c18-16-11-13(12-19-10-4-7-17(20)21)8-9-15(16)14-5-2-1-3-6-14/h1-3,5-6,8-9,11,19H,4,7,10,12H2,(H,20,21). The quantitative estimate of drug-likeness (QED) is 0.761. The first-order chi connectivity index (χ1) is 10.2. The molecule has 110 valence electrons. The van der Waals surface area contributed by atoms with Crippen molar-refractivity contribution in [3.63, 3.8) is 0 Å². The third kappa shape index (κ3) is 4.88. The fourth-order valence-electron chi connectivity index (χ4n) is 2.12. The van der Waals surface area contributed by atoms with Gasteiger partial charge >= 0.3 is 5.97 Å². The lowest BCUT2D eigenvalue weighted by molar-refractivity contribution is -0.137. The first-order valence-corrected chi connectivity index (χ1v) is 7.31. The van der Waals surface area contributed by atoms with Gasteiger partial charge in [0.15, 0.2) is 0 Å². The first kappa shape index (κ1) is 15.5. The predicted molar refractivity (Wildman–Crippen MR) is 85.5 cm³/mol. The highest BCUT2D eigenvalue weighted by molar-refractivity contribution is 6.33. The van der Waals surface area contributed by atoms with Crippen LogP contribution >= 0.6 is 11.6 Å². The van der Waals surface area contributed by atoms with Crippen LogP contribution in [0.1, 0.15) is 18.4 Å². The van der Waals surface area contributed by atoms with E-state index in [1.165, 1.54) is 0 Å². The fraction of sp³-hybridized carbons (Fsp3) is 0.235. The molecule has 0 aromatic heterocycles. The minimum Gasteiger partial charge on any atom is -0.481 e. The summed E-state index contributed by atoms with van der Waals surface area (Å²) in [6.07, 6.45) is 0.825. The second-order valence-corrected chi connectivity index (χ2v) is 5.26. The molecule has 0 amide bonds. The molecule has 0 radical (unpaired) electrons. The van der Waals surface area contributed by atoms with Crippen molar-refractivity contribution in [3.8, 4) is 11.1 Å². The summed E-state index contributed by atoms with van der Waals surface area (Å²) in [7, 11) is 0. The maximum atomic E-state index is 10.4. The van der Waals surface area contributed by atoms with Crippen molar-refractivity contribution in [1.82, 2.24) is 5.32 Å². The summed E-state index contributed by atoms with van der Waals surface area (Å²) in [5.74, 6) is -0.757. The van der Waals surface area contributed by atoms with Gasteiger partial charge in [-0.1, -0.05) is 54.1 Å². The molecular weight excluding hydrogens is 286 g/mol. The third-order valence-corrected chi connectivity index (χ3v) is 3.50. The van der Waals surface area contributed by atoms with E-state index in [0.717, 1.165) is 21.7 Å². The highest BCUT2D eigenvalue weighted by Gasteiger charge is 2.04. The molecule has 3 nitrogen and oxygen atoms in total. The zero-order chi connectivity index (χ0) is 15.1. The molecular formula is C17H18ClNO2. The number of hydrogen-bond donors (Lipinski definition) is 2. The van der Waals surface area contributed by atoms with E-state index in [1.54, 1.807) is 0 Å². The molecule has 0 heterocycles. The van der Waals surface area contributed by atoms with E-state index in [1.807, 2.05) is 48.5 Å². The molecule has 2 aromatic carbocycles. The smallest absolute Gasteiger partial charge is 0.303 e. The summed E-state index contributed by atoms with van der Waals surface area (Å²) >= 11 is 6.34. The maximum Gasteiger partial charge on any atom is 0.303 e. The Balaban J connectivity index is 1.92. The van der Waals surface area contributed by atoms with Crippen LogP contribution in [0.5, 0.6) is 0 Å². The molecule has 0 fully saturated rings. The lowest BCUT2D eigenvalue weighted by Crippen LogP contribution is -2.15. The molecule has 0 bridgehead atoms. The van der Waals surface area contributed by atoms with Gasteiger partial charge in [0.2, 0.25) is 0 Å². The van der Waals surface area contributed by atoms with Crippen molar-refractivity contribution in [2.24, 2.45) is 0 Å². The largest absolute Gasteiger partial charge is 0.481 e. The van der Waals surface area contributed by atoms with E-state index >= 15 is 0 Å². The topological polar surface area (TPSA) is 49.3 Å². The van der Waals surface area contributed by atoms with Crippen molar-refractivity contribution in [2.75, 3.05) is 6.54 Å². The first-order valence-electron chi connectivity index (χ1n) is 6.93. The zero-order valence-corrected chi connectivity index (χ0v) is 12.4. The number of carbonyl (C=O) groups is 1. The molecule has 2 aromatic rings. The summed E-state index contributed by atoms with van der Waals surface area (Å²) in [5.41, 5.74) is 3.21. The van der Waals surface area contributed by atoms with Crippen LogP contribution in [0.25, 0.3) is 11.1 Å². The molecule has 0 atom stereocenters. The number of halogens is 1. The predicted octanol–water partition coefficient (Wildman–Crippen LogP) is 3.96. The van der Waals surface area contributed by atoms with Gasteiger partial charge in [0, 0.05) is 23.6 Å². The summed E-state index contributed by atoms with van der Waals surface area (Å²) in [6.45, 7) is 1.37. The van der Waals surface area contributed by atoms with Crippen LogP contribution in [0.15, 0.2) is 48.5 Å². The van der Waals surface area contributed by atoms with Crippen LogP contribution in [-0.2, 0) is 11.3 Å². The Labute approximate surface area is 129 Å². The van der Waals surface area contributed by atoms with E-state index in [0.29, 0.717) is 19.5 Å². The molecule has 0 unspecified atom stereocenters. The summed E-state index contributed by atoms with van der Waals surface area (Å²) in [5, 5.41) is 12.5. The van der Waals surface area contributed by atoms with Crippen LogP contribution < -0.4 is 5.32 Å². The van der Waals surface area contributed by atoms with Crippen molar-refractivity contribution in [1.29, 1.82) is 0 Å². The van der Waals surface area contributed by atoms with Gasteiger partial charge in [0.1, 0.15) is 0 Å². The van der Waals surface area contributed by atoms with Gasteiger partial charge in [-0.05, 0) is 30.2 Å². The van der Waals surface area contributed by atoms with Gasteiger partial charge in [-0.25, -0.2) is 0 Å². The van der Waals surface area contributed by atoms with Crippen molar-refractivity contribution < 1.29 is 9.90 Å². The van der Waals surface area contributed by atoms with E-state index in [4.69, 9.17) is 16.7 Å². The molecule has 4 heteroatoms. The molecule has 0 saturated carbocycles. The average Bonchev–Trinajstić information content (AvgIpc) is 2.47. The number of nitrogens with one attached hydrogen (secondary N) is 1. The zero-order valence-electron chi connectivity index (χ0n) is 11.7. The van der Waals surface area contributed by atoms with Gasteiger partial charge in [-0.2, -0.15) is 0 Å². The van der Waals surface area contributed by atoms with Gasteiger partial charge in [-0.15, -0.1) is 0 Å². The fourth-order valence-corrected chi connectivity index (χ4v) is 2.43. The third-order valence-electron chi connectivity index (χ3n) is 3.19. The lowest BCUT2D eigenvalue weighted by atomic mass is 10.0. The van der Waals surface area contributed by atoms with Gasteiger partial charge < -0.3 is 10.4 Å². The Bertz CT molecular complexity index is 599. The SMILES string of the molecule is O=C(O)CCCNCc1ccc(-c2ccccc2)c(Cl)c1. The Morgan fingerprint density at radius 2 is 1.90 bits per heavy atom. The van der Waals surface area contributed by atoms with Crippen LogP contribution in [0.3, 0.4) is 0 Å². The Kier molecular flexibility index (Phi) is 5.78. The number of rotatable bonds is 7. The van der Waals surface area contributed by atoms with Gasteiger partial charge in [0.25, 0.3) is 0 Å². The van der Waals surface area contributed by atoms with Crippen LogP contribution in [0, 0.1) is 0 Å². The van der Waals surface area contributed by atoms with Crippen molar-refractivity contribution in [2.45, 2.75) is 19.4 Å². The van der Waals surface area contributed by atoms with E-state index in [9.17, 15) is 4.79 Å². The molecule has 21 heavy (non-hydrogen) atoms. The molecule has 0 spiro atoms. The Morgan fingerprint density at radius 3 is 2.57 bits per heavy atom. The van der Waals surface area contributed by atoms with Gasteiger partial charge in [0.05, 0.1) is 0 Å². The number of carboxylic acids is 1. The molecule has 0 aliphatic carbocycles.